The zero-order valence-corrected chi connectivity index (χ0v) is 10.8. The van der Waals surface area contributed by atoms with Gasteiger partial charge in [0.25, 0.3) is 0 Å². The zero-order valence-electron chi connectivity index (χ0n) is 10.8. The van der Waals surface area contributed by atoms with E-state index in [4.69, 9.17) is 11.5 Å². The van der Waals surface area contributed by atoms with E-state index in [-0.39, 0.29) is 19.0 Å². The molecule has 0 aliphatic heterocycles. The van der Waals surface area contributed by atoms with Crippen LogP contribution in [0.2, 0.25) is 0 Å². The standard InChI is InChI=1S/C13H17N3O2/c1-5-6-16(8-12(17)18)11-7-10(4)14-13(15-11)9(2)3/h1,7,9H,6,8H2,2-4H3,(H,17,18). The summed E-state index contributed by atoms with van der Waals surface area (Å²) < 4.78 is 0. The molecule has 1 aromatic rings. The summed E-state index contributed by atoms with van der Waals surface area (Å²) >= 11 is 0. The Morgan fingerprint density at radius 2 is 2.22 bits per heavy atom. The Morgan fingerprint density at radius 3 is 2.72 bits per heavy atom. The second kappa shape index (κ2) is 6.01. The van der Waals surface area contributed by atoms with E-state index in [0.717, 1.165) is 5.69 Å². The molecule has 96 valence electrons. The number of rotatable bonds is 5. The monoisotopic (exact) mass is 247 g/mol. The van der Waals surface area contributed by atoms with Crippen molar-refractivity contribution < 1.29 is 9.90 Å². The number of carbonyl (C=O) groups is 1. The molecule has 0 aromatic carbocycles. The smallest absolute Gasteiger partial charge is 0.323 e. The van der Waals surface area contributed by atoms with Gasteiger partial charge in [-0.1, -0.05) is 19.8 Å². The summed E-state index contributed by atoms with van der Waals surface area (Å²) in [7, 11) is 0. The third-order valence-electron chi connectivity index (χ3n) is 2.31. The van der Waals surface area contributed by atoms with Gasteiger partial charge in [-0.2, -0.15) is 0 Å². The average Bonchev–Trinajstić information content (AvgIpc) is 2.27. The van der Waals surface area contributed by atoms with Crippen molar-refractivity contribution in [1.82, 2.24) is 9.97 Å². The fraction of sp³-hybridized carbons (Fsp3) is 0.462. The minimum atomic E-state index is -0.937. The van der Waals surface area contributed by atoms with Crippen LogP contribution in [0.3, 0.4) is 0 Å². The first-order valence-corrected chi connectivity index (χ1v) is 5.69. The van der Waals surface area contributed by atoms with E-state index in [1.54, 1.807) is 11.0 Å². The van der Waals surface area contributed by atoms with Gasteiger partial charge in [-0.05, 0) is 6.92 Å². The molecule has 0 unspecified atom stereocenters. The Bertz CT molecular complexity index is 478. The molecule has 0 spiro atoms. The van der Waals surface area contributed by atoms with E-state index in [1.165, 1.54) is 0 Å². The highest BCUT2D eigenvalue weighted by Gasteiger charge is 2.14. The number of terminal acetylenes is 1. The van der Waals surface area contributed by atoms with Gasteiger partial charge in [0.2, 0.25) is 0 Å². The molecule has 0 bridgehead atoms. The normalized spacial score (nSPS) is 10.2. The first-order chi connectivity index (χ1) is 8.43. The number of anilines is 1. The van der Waals surface area contributed by atoms with Crippen LogP contribution >= 0.6 is 0 Å². The summed E-state index contributed by atoms with van der Waals surface area (Å²) in [5, 5.41) is 8.87. The maximum atomic E-state index is 10.8. The topological polar surface area (TPSA) is 66.3 Å². The molecule has 5 heteroatoms. The Morgan fingerprint density at radius 1 is 1.56 bits per heavy atom. The van der Waals surface area contributed by atoms with Gasteiger partial charge in [-0.15, -0.1) is 6.42 Å². The lowest BCUT2D eigenvalue weighted by molar-refractivity contribution is -0.135. The van der Waals surface area contributed by atoms with Crippen LogP contribution in [0.5, 0.6) is 0 Å². The average molecular weight is 247 g/mol. The van der Waals surface area contributed by atoms with Gasteiger partial charge in [0.1, 0.15) is 18.2 Å². The largest absolute Gasteiger partial charge is 0.480 e. The summed E-state index contributed by atoms with van der Waals surface area (Å²) in [5.74, 6) is 2.94. The number of carboxylic acid groups (broad SMARTS) is 1. The predicted octanol–water partition coefficient (Wildman–Crippen LogP) is 1.43. The van der Waals surface area contributed by atoms with Gasteiger partial charge >= 0.3 is 5.97 Å². The van der Waals surface area contributed by atoms with Crippen molar-refractivity contribution in [3.8, 4) is 12.3 Å². The number of nitrogens with zero attached hydrogens (tertiary/aromatic N) is 3. The van der Waals surface area contributed by atoms with Gasteiger partial charge in [0.05, 0.1) is 6.54 Å². The zero-order chi connectivity index (χ0) is 13.7. The van der Waals surface area contributed by atoms with Crippen molar-refractivity contribution >= 4 is 11.8 Å². The molecule has 0 fully saturated rings. The van der Waals surface area contributed by atoms with Gasteiger partial charge in [0.15, 0.2) is 0 Å². The Hall–Kier alpha value is -2.09. The Kier molecular flexibility index (Phi) is 4.67. The summed E-state index contributed by atoms with van der Waals surface area (Å²) in [4.78, 5) is 21.0. The molecule has 0 aliphatic rings. The van der Waals surface area contributed by atoms with Crippen LogP contribution < -0.4 is 4.90 Å². The van der Waals surface area contributed by atoms with Gasteiger partial charge in [0, 0.05) is 17.7 Å². The molecule has 18 heavy (non-hydrogen) atoms. The van der Waals surface area contributed by atoms with Crippen LogP contribution in [-0.2, 0) is 4.79 Å². The number of carboxylic acids is 1. The minimum absolute atomic E-state index is 0.168. The van der Waals surface area contributed by atoms with E-state index >= 15 is 0 Å². The van der Waals surface area contributed by atoms with Crippen molar-refractivity contribution in [2.75, 3.05) is 18.0 Å². The maximum Gasteiger partial charge on any atom is 0.323 e. The highest BCUT2D eigenvalue weighted by Crippen LogP contribution is 2.16. The van der Waals surface area contributed by atoms with E-state index in [0.29, 0.717) is 11.6 Å². The van der Waals surface area contributed by atoms with Crippen molar-refractivity contribution in [2.45, 2.75) is 26.7 Å². The minimum Gasteiger partial charge on any atom is -0.480 e. The van der Waals surface area contributed by atoms with E-state index in [1.807, 2.05) is 20.8 Å². The third kappa shape index (κ3) is 3.74. The summed E-state index contributed by atoms with van der Waals surface area (Å²) in [6, 6.07) is 1.74. The maximum absolute atomic E-state index is 10.8. The highest BCUT2D eigenvalue weighted by molar-refractivity contribution is 5.73. The molecule has 1 rings (SSSR count). The van der Waals surface area contributed by atoms with Gasteiger partial charge in [-0.3, -0.25) is 4.79 Å². The lowest BCUT2D eigenvalue weighted by Gasteiger charge is -2.20. The number of aromatic nitrogens is 2. The summed E-state index contributed by atoms with van der Waals surface area (Å²) in [6.45, 7) is 5.87. The number of aliphatic carboxylic acids is 1. The molecule has 0 amide bonds. The molecule has 5 nitrogen and oxygen atoms in total. The molecule has 1 N–H and O–H groups in total. The van der Waals surface area contributed by atoms with Crippen molar-refractivity contribution in [3.05, 3.63) is 17.6 Å². The first-order valence-electron chi connectivity index (χ1n) is 5.69. The van der Waals surface area contributed by atoms with E-state index < -0.39 is 5.97 Å². The Balaban J connectivity index is 3.11. The summed E-state index contributed by atoms with van der Waals surface area (Å²) in [6.07, 6.45) is 5.25. The second-order valence-corrected chi connectivity index (χ2v) is 4.33. The molecule has 0 atom stereocenters. The van der Waals surface area contributed by atoms with Crippen LogP contribution in [0.25, 0.3) is 0 Å². The molecule has 0 radical (unpaired) electrons. The van der Waals surface area contributed by atoms with Crippen molar-refractivity contribution in [1.29, 1.82) is 0 Å². The Labute approximate surface area is 107 Å². The molecular weight excluding hydrogens is 230 g/mol. The summed E-state index contributed by atoms with van der Waals surface area (Å²) in [5.41, 5.74) is 0.802. The van der Waals surface area contributed by atoms with Crippen LogP contribution in [0.1, 0.15) is 31.3 Å². The molecule has 0 aliphatic carbocycles. The highest BCUT2D eigenvalue weighted by atomic mass is 16.4. The quantitative estimate of drug-likeness (QED) is 0.797. The van der Waals surface area contributed by atoms with Gasteiger partial charge < -0.3 is 10.0 Å². The third-order valence-corrected chi connectivity index (χ3v) is 2.31. The van der Waals surface area contributed by atoms with Crippen LogP contribution in [0.4, 0.5) is 5.82 Å². The van der Waals surface area contributed by atoms with Crippen LogP contribution in [-0.4, -0.2) is 34.1 Å². The van der Waals surface area contributed by atoms with Crippen LogP contribution in [0.15, 0.2) is 6.07 Å². The molecule has 0 saturated heterocycles. The SMILES string of the molecule is C#CCN(CC(=O)O)c1cc(C)nc(C(C)C)n1. The van der Waals surface area contributed by atoms with Crippen LogP contribution in [0, 0.1) is 19.3 Å². The molecule has 1 heterocycles. The molecular formula is C13H17N3O2. The molecule has 0 saturated carbocycles. The van der Waals surface area contributed by atoms with E-state index in [2.05, 4.69) is 15.9 Å². The van der Waals surface area contributed by atoms with Gasteiger partial charge in [-0.25, -0.2) is 9.97 Å². The fourth-order valence-electron chi connectivity index (χ4n) is 1.49. The fourth-order valence-corrected chi connectivity index (χ4v) is 1.49. The number of hydrogen-bond acceptors (Lipinski definition) is 4. The molecule has 1 aromatic heterocycles. The lowest BCUT2D eigenvalue weighted by Crippen LogP contribution is -2.31. The lowest BCUT2D eigenvalue weighted by atomic mass is 10.2. The van der Waals surface area contributed by atoms with Crippen molar-refractivity contribution in [2.24, 2.45) is 0 Å². The van der Waals surface area contributed by atoms with E-state index in [9.17, 15) is 4.79 Å². The second-order valence-electron chi connectivity index (χ2n) is 4.33. The number of aryl methyl sites for hydroxylation is 1. The number of hydrogen-bond donors (Lipinski definition) is 1. The first kappa shape index (κ1) is 14.0. The predicted molar refractivity (Wildman–Crippen MR) is 69.5 cm³/mol. The van der Waals surface area contributed by atoms with Crippen molar-refractivity contribution in [3.63, 3.8) is 0 Å².